The van der Waals surface area contributed by atoms with Crippen molar-refractivity contribution < 1.29 is 13.5 Å². The molecule has 0 heterocycles. The van der Waals surface area contributed by atoms with Crippen LogP contribution in [-0.4, -0.2) is 24.5 Å². The number of alkyl halides is 2. The number of hydrogen-bond donors (Lipinski definition) is 2. The lowest BCUT2D eigenvalue weighted by atomic mass is 10.2. The van der Waals surface area contributed by atoms with E-state index < -0.39 is 6.61 Å². The Morgan fingerprint density at radius 2 is 2.22 bits per heavy atom. The maximum absolute atomic E-state index is 12.1. The Balaban J connectivity index is 2.65. The van der Waals surface area contributed by atoms with Crippen molar-refractivity contribution >= 4 is 23.5 Å². The summed E-state index contributed by atoms with van der Waals surface area (Å²) in [5.41, 5.74) is 2.99. The summed E-state index contributed by atoms with van der Waals surface area (Å²) in [5, 5.41) is 7.02. The van der Waals surface area contributed by atoms with Gasteiger partial charge in [0.15, 0.2) is 5.11 Å². The van der Waals surface area contributed by atoms with E-state index in [4.69, 9.17) is 12.2 Å². The summed E-state index contributed by atoms with van der Waals surface area (Å²) in [5.74, 6) is 0.0624. The molecule has 0 amide bonds. The van der Waals surface area contributed by atoms with Gasteiger partial charge in [-0.25, -0.2) is 0 Å². The maximum Gasteiger partial charge on any atom is 0.387 e. The molecule has 1 aromatic rings. The molecular formula is C11H13F2N3OS. The highest BCUT2D eigenvalue weighted by atomic mass is 32.1. The molecule has 0 fully saturated rings. The predicted octanol–water partition coefficient (Wildman–Crippen LogP) is 2.11. The highest BCUT2D eigenvalue weighted by Crippen LogP contribution is 2.18. The molecule has 4 nitrogen and oxygen atoms in total. The van der Waals surface area contributed by atoms with Gasteiger partial charge in [-0.2, -0.15) is 13.9 Å². The van der Waals surface area contributed by atoms with Crippen LogP contribution in [0.5, 0.6) is 5.75 Å². The molecule has 1 aromatic carbocycles. The number of halogens is 2. The van der Waals surface area contributed by atoms with Crippen LogP contribution in [0.25, 0.3) is 0 Å². The minimum absolute atomic E-state index is 0.0624. The van der Waals surface area contributed by atoms with Crippen molar-refractivity contribution in [2.45, 2.75) is 13.5 Å². The van der Waals surface area contributed by atoms with Gasteiger partial charge in [0.2, 0.25) is 0 Å². The lowest BCUT2D eigenvalue weighted by Crippen LogP contribution is -2.31. The topological polar surface area (TPSA) is 45.7 Å². The number of thiocarbonyl (C=S) groups is 1. The first-order valence-electron chi connectivity index (χ1n) is 5.24. The smallest absolute Gasteiger partial charge is 0.387 e. The zero-order valence-corrected chi connectivity index (χ0v) is 10.5. The van der Waals surface area contributed by atoms with Crippen LogP contribution in [-0.2, 0) is 0 Å². The van der Waals surface area contributed by atoms with E-state index >= 15 is 0 Å². The quantitative estimate of drug-likeness (QED) is 0.490. The molecule has 0 aliphatic rings. The van der Waals surface area contributed by atoms with Crippen molar-refractivity contribution in [1.29, 1.82) is 0 Å². The van der Waals surface area contributed by atoms with E-state index in [1.807, 2.05) is 6.92 Å². The van der Waals surface area contributed by atoms with E-state index in [1.165, 1.54) is 12.3 Å². The van der Waals surface area contributed by atoms with Crippen LogP contribution in [0.2, 0.25) is 0 Å². The Kier molecular flexibility index (Phi) is 5.99. The summed E-state index contributed by atoms with van der Waals surface area (Å²) in [7, 11) is 0. The minimum Gasteiger partial charge on any atom is -0.434 e. The number of para-hydroxylation sites is 1. The summed E-state index contributed by atoms with van der Waals surface area (Å²) >= 11 is 4.88. The second-order valence-electron chi connectivity index (χ2n) is 3.15. The molecule has 0 unspecified atom stereocenters. The van der Waals surface area contributed by atoms with Crippen molar-refractivity contribution in [3.05, 3.63) is 29.8 Å². The fourth-order valence-electron chi connectivity index (χ4n) is 1.15. The number of ether oxygens (including phenoxy) is 1. The Hall–Kier alpha value is -1.76. The normalized spacial score (nSPS) is 10.7. The maximum atomic E-state index is 12.1. The molecule has 0 atom stereocenters. The summed E-state index contributed by atoms with van der Waals surface area (Å²) < 4.78 is 28.6. The second-order valence-corrected chi connectivity index (χ2v) is 3.55. The monoisotopic (exact) mass is 273 g/mol. The van der Waals surface area contributed by atoms with Gasteiger partial charge >= 0.3 is 6.61 Å². The lowest BCUT2D eigenvalue weighted by Gasteiger charge is -2.07. The lowest BCUT2D eigenvalue weighted by molar-refractivity contribution is -0.0499. The van der Waals surface area contributed by atoms with Crippen LogP contribution in [0.3, 0.4) is 0 Å². The zero-order chi connectivity index (χ0) is 13.4. The van der Waals surface area contributed by atoms with Gasteiger partial charge < -0.3 is 10.1 Å². The molecule has 0 aromatic heterocycles. The SMILES string of the molecule is CCNC(=S)NN=Cc1ccccc1OC(F)F. The Bertz CT molecular complexity index is 427. The van der Waals surface area contributed by atoms with E-state index in [9.17, 15) is 8.78 Å². The molecule has 0 saturated heterocycles. The largest absolute Gasteiger partial charge is 0.434 e. The van der Waals surface area contributed by atoms with Crippen LogP contribution in [0, 0.1) is 0 Å². The highest BCUT2D eigenvalue weighted by molar-refractivity contribution is 7.80. The minimum atomic E-state index is -2.87. The highest BCUT2D eigenvalue weighted by Gasteiger charge is 2.07. The summed E-state index contributed by atoms with van der Waals surface area (Å²) in [6, 6.07) is 6.35. The molecular weight excluding hydrogens is 260 g/mol. The molecule has 2 N–H and O–H groups in total. The summed E-state index contributed by atoms with van der Waals surface area (Å²) in [6.45, 7) is -0.300. The molecule has 0 saturated carbocycles. The van der Waals surface area contributed by atoms with Crippen molar-refractivity contribution in [3.8, 4) is 5.75 Å². The Labute approximate surface area is 109 Å². The average Bonchev–Trinajstić information content (AvgIpc) is 2.31. The summed E-state index contributed by atoms with van der Waals surface area (Å²) in [4.78, 5) is 0. The number of rotatable bonds is 5. The number of hydrazone groups is 1. The number of benzene rings is 1. The van der Waals surface area contributed by atoms with Crippen molar-refractivity contribution in [1.82, 2.24) is 10.7 Å². The van der Waals surface area contributed by atoms with Crippen molar-refractivity contribution in [2.75, 3.05) is 6.54 Å². The van der Waals surface area contributed by atoms with Gasteiger partial charge in [0.05, 0.1) is 6.21 Å². The molecule has 0 spiro atoms. The molecule has 0 bridgehead atoms. The van der Waals surface area contributed by atoms with Crippen molar-refractivity contribution in [2.24, 2.45) is 5.10 Å². The van der Waals surface area contributed by atoms with Gasteiger partial charge in [0.1, 0.15) is 5.75 Å². The molecule has 7 heteroatoms. The zero-order valence-electron chi connectivity index (χ0n) is 9.69. The van der Waals surface area contributed by atoms with Gasteiger partial charge in [-0.15, -0.1) is 0 Å². The van der Waals surface area contributed by atoms with E-state index in [-0.39, 0.29) is 5.75 Å². The van der Waals surface area contributed by atoms with Gasteiger partial charge in [0.25, 0.3) is 0 Å². The van der Waals surface area contributed by atoms with E-state index in [0.29, 0.717) is 17.2 Å². The van der Waals surface area contributed by atoms with Gasteiger partial charge in [-0.05, 0) is 31.3 Å². The summed E-state index contributed by atoms with van der Waals surface area (Å²) in [6.07, 6.45) is 1.36. The number of nitrogens with zero attached hydrogens (tertiary/aromatic N) is 1. The number of hydrogen-bond acceptors (Lipinski definition) is 3. The van der Waals surface area contributed by atoms with Crippen molar-refractivity contribution in [3.63, 3.8) is 0 Å². The Morgan fingerprint density at radius 3 is 2.89 bits per heavy atom. The third-order valence-corrected chi connectivity index (χ3v) is 2.08. The predicted molar refractivity (Wildman–Crippen MR) is 70.1 cm³/mol. The third-order valence-electron chi connectivity index (χ3n) is 1.84. The molecule has 0 aliphatic heterocycles. The first kappa shape index (κ1) is 14.3. The van der Waals surface area contributed by atoms with Gasteiger partial charge in [-0.3, -0.25) is 5.43 Å². The van der Waals surface area contributed by atoms with Crippen LogP contribution in [0.1, 0.15) is 12.5 Å². The second kappa shape index (κ2) is 7.54. The Morgan fingerprint density at radius 1 is 1.50 bits per heavy atom. The number of nitrogens with one attached hydrogen (secondary N) is 2. The standard InChI is InChI=1S/C11H13F2N3OS/c1-2-14-11(18)16-15-7-8-5-3-4-6-9(8)17-10(12)13/h3-7,10H,2H2,1H3,(H2,14,16,18). The van der Waals surface area contributed by atoms with Crippen LogP contribution >= 0.6 is 12.2 Å². The fourth-order valence-corrected chi connectivity index (χ4v) is 1.35. The van der Waals surface area contributed by atoms with Gasteiger partial charge in [-0.1, -0.05) is 12.1 Å². The van der Waals surface area contributed by atoms with Crippen LogP contribution in [0.4, 0.5) is 8.78 Å². The first-order valence-corrected chi connectivity index (χ1v) is 5.65. The van der Waals surface area contributed by atoms with Gasteiger partial charge in [0, 0.05) is 12.1 Å². The molecule has 1 rings (SSSR count). The van der Waals surface area contributed by atoms with E-state index in [2.05, 4.69) is 20.6 Å². The first-order chi connectivity index (χ1) is 8.63. The van der Waals surface area contributed by atoms with Crippen LogP contribution in [0.15, 0.2) is 29.4 Å². The molecule has 18 heavy (non-hydrogen) atoms. The average molecular weight is 273 g/mol. The molecule has 98 valence electrons. The molecule has 0 aliphatic carbocycles. The third kappa shape index (κ3) is 5.05. The van der Waals surface area contributed by atoms with E-state index in [1.54, 1.807) is 18.2 Å². The molecule has 0 radical (unpaired) electrons. The fraction of sp³-hybridized carbons (Fsp3) is 0.273. The van der Waals surface area contributed by atoms with E-state index in [0.717, 1.165) is 0 Å². The van der Waals surface area contributed by atoms with Crippen LogP contribution < -0.4 is 15.5 Å².